The summed E-state index contributed by atoms with van der Waals surface area (Å²) >= 11 is 0. The van der Waals surface area contributed by atoms with Gasteiger partial charge in [0, 0.05) is 5.39 Å². The van der Waals surface area contributed by atoms with E-state index in [0.717, 1.165) is 22.1 Å². The minimum atomic E-state index is -0.443. The molecule has 1 amide bonds. The van der Waals surface area contributed by atoms with Crippen LogP contribution in [-0.4, -0.2) is 12.5 Å². The second kappa shape index (κ2) is 8.04. The molecule has 0 radical (unpaired) electrons. The first-order chi connectivity index (χ1) is 12.7. The molecular formula is C21H18N2O3. The minimum Gasteiger partial charge on any atom is -0.493 e. The molecule has 1 N–H and O–H groups in total. The predicted molar refractivity (Wildman–Crippen MR) is 99.3 cm³/mol. The van der Waals surface area contributed by atoms with E-state index >= 15 is 0 Å². The first-order valence-electron chi connectivity index (χ1n) is 8.30. The summed E-state index contributed by atoms with van der Waals surface area (Å²) in [6, 6.07) is 16.9. The Kier molecular flexibility index (Phi) is 5.35. The molecule has 2 aromatic carbocycles. The maximum Gasteiger partial charge on any atom is 0.262 e. The zero-order valence-electron chi connectivity index (χ0n) is 14.4. The van der Waals surface area contributed by atoms with Gasteiger partial charge in [-0.3, -0.25) is 4.79 Å². The predicted octanol–water partition coefficient (Wildman–Crippen LogP) is 4.05. The van der Waals surface area contributed by atoms with Crippen molar-refractivity contribution in [3.05, 3.63) is 71.7 Å². The first-order valence-corrected chi connectivity index (χ1v) is 8.30. The van der Waals surface area contributed by atoms with Crippen LogP contribution < -0.4 is 10.1 Å². The second-order valence-corrected chi connectivity index (χ2v) is 5.56. The van der Waals surface area contributed by atoms with Crippen molar-refractivity contribution < 1.29 is 13.9 Å². The molecule has 26 heavy (non-hydrogen) atoms. The first kappa shape index (κ1) is 17.3. The lowest BCUT2D eigenvalue weighted by Crippen LogP contribution is -2.23. The van der Waals surface area contributed by atoms with Crippen molar-refractivity contribution in [2.75, 3.05) is 6.61 Å². The van der Waals surface area contributed by atoms with Crippen LogP contribution in [0.2, 0.25) is 0 Å². The van der Waals surface area contributed by atoms with Crippen LogP contribution in [0.1, 0.15) is 18.2 Å². The van der Waals surface area contributed by atoms with E-state index < -0.39 is 5.91 Å². The summed E-state index contributed by atoms with van der Waals surface area (Å²) in [6.45, 7) is 2.73. The molecule has 130 valence electrons. The molecule has 0 spiro atoms. The van der Waals surface area contributed by atoms with Gasteiger partial charge in [0.25, 0.3) is 5.91 Å². The highest BCUT2D eigenvalue weighted by Crippen LogP contribution is 2.29. The van der Waals surface area contributed by atoms with Gasteiger partial charge in [-0.25, -0.2) is 0 Å². The number of nitriles is 1. The quantitative estimate of drug-likeness (QED) is 0.539. The van der Waals surface area contributed by atoms with Crippen molar-refractivity contribution in [1.82, 2.24) is 5.32 Å². The number of amides is 1. The Balaban J connectivity index is 1.90. The minimum absolute atomic E-state index is 0.0332. The molecule has 0 saturated heterocycles. The zero-order valence-corrected chi connectivity index (χ0v) is 14.4. The van der Waals surface area contributed by atoms with Gasteiger partial charge in [0.1, 0.15) is 23.2 Å². The number of carbonyl (C=O) groups excluding carboxylic acids is 1. The Morgan fingerprint density at radius 3 is 2.69 bits per heavy atom. The lowest BCUT2D eigenvalue weighted by atomic mass is 10.0. The number of benzene rings is 2. The SMILES string of the molecule is CCOc1ccc(/C=C(\C#N)C(=O)NCc2ccco2)c2ccccc12. The summed E-state index contributed by atoms with van der Waals surface area (Å²) in [5, 5.41) is 13.9. The summed E-state index contributed by atoms with van der Waals surface area (Å²) in [4.78, 5) is 12.3. The summed E-state index contributed by atoms with van der Waals surface area (Å²) in [5.74, 6) is 0.963. The van der Waals surface area contributed by atoms with Crippen LogP contribution in [0.3, 0.4) is 0 Å². The summed E-state index contributed by atoms with van der Waals surface area (Å²) in [5.41, 5.74) is 0.819. The number of nitrogens with zero attached hydrogens (tertiary/aromatic N) is 1. The van der Waals surface area contributed by atoms with E-state index in [0.29, 0.717) is 12.4 Å². The van der Waals surface area contributed by atoms with E-state index in [4.69, 9.17) is 9.15 Å². The van der Waals surface area contributed by atoms with E-state index in [2.05, 4.69) is 5.32 Å². The zero-order chi connectivity index (χ0) is 18.4. The molecule has 0 unspecified atom stereocenters. The molecular weight excluding hydrogens is 328 g/mol. The summed E-state index contributed by atoms with van der Waals surface area (Å²) < 4.78 is 10.8. The van der Waals surface area contributed by atoms with E-state index in [1.54, 1.807) is 18.2 Å². The molecule has 3 rings (SSSR count). The van der Waals surface area contributed by atoms with Crippen LogP contribution in [0, 0.1) is 11.3 Å². The van der Waals surface area contributed by atoms with Crippen LogP contribution in [-0.2, 0) is 11.3 Å². The molecule has 1 aromatic heterocycles. The Hall–Kier alpha value is -3.52. The van der Waals surface area contributed by atoms with Crippen molar-refractivity contribution in [2.45, 2.75) is 13.5 Å². The molecule has 5 heteroatoms. The van der Waals surface area contributed by atoms with Gasteiger partial charge >= 0.3 is 0 Å². The van der Waals surface area contributed by atoms with Crippen LogP contribution in [0.4, 0.5) is 0 Å². The lowest BCUT2D eigenvalue weighted by Gasteiger charge is -2.10. The van der Waals surface area contributed by atoms with Gasteiger partial charge in [-0.05, 0) is 42.1 Å². The fourth-order valence-corrected chi connectivity index (χ4v) is 2.68. The maximum absolute atomic E-state index is 12.3. The lowest BCUT2D eigenvalue weighted by molar-refractivity contribution is -0.117. The number of furan rings is 1. The third kappa shape index (κ3) is 3.76. The second-order valence-electron chi connectivity index (χ2n) is 5.56. The number of fused-ring (bicyclic) bond motifs is 1. The number of rotatable bonds is 6. The number of nitrogens with one attached hydrogen (secondary N) is 1. The van der Waals surface area contributed by atoms with Gasteiger partial charge in [0.2, 0.25) is 0 Å². The van der Waals surface area contributed by atoms with E-state index in [-0.39, 0.29) is 12.1 Å². The number of hydrogen-bond donors (Lipinski definition) is 1. The Morgan fingerprint density at radius 1 is 1.19 bits per heavy atom. The molecule has 0 aliphatic heterocycles. The molecule has 5 nitrogen and oxygen atoms in total. The molecule has 0 saturated carbocycles. The van der Waals surface area contributed by atoms with E-state index in [9.17, 15) is 10.1 Å². The Morgan fingerprint density at radius 2 is 2.00 bits per heavy atom. The van der Waals surface area contributed by atoms with Gasteiger partial charge in [-0.15, -0.1) is 0 Å². The average Bonchev–Trinajstić information content (AvgIpc) is 3.19. The molecule has 0 atom stereocenters. The van der Waals surface area contributed by atoms with Gasteiger partial charge in [0.05, 0.1) is 19.4 Å². The molecule has 0 bridgehead atoms. The van der Waals surface area contributed by atoms with Crippen molar-refractivity contribution in [3.8, 4) is 11.8 Å². The van der Waals surface area contributed by atoms with E-state index in [1.165, 1.54) is 6.26 Å². The third-order valence-corrected chi connectivity index (χ3v) is 3.89. The number of hydrogen-bond acceptors (Lipinski definition) is 4. The Bertz CT molecular complexity index is 982. The van der Waals surface area contributed by atoms with Gasteiger partial charge < -0.3 is 14.5 Å². The molecule has 1 heterocycles. The van der Waals surface area contributed by atoms with Crippen molar-refractivity contribution >= 4 is 22.8 Å². The molecule has 3 aromatic rings. The van der Waals surface area contributed by atoms with Crippen molar-refractivity contribution in [2.24, 2.45) is 0 Å². The number of ether oxygens (including phenoxy) is 1. The molecule has 0 fully saturated rings. The summed E-state index contributed by atoms with van der Waals surface area (Å²) in [7, 11) is 0. The molecule has 0 aliphatic carbocycles. The highest BCUT2D eigenvalue weighted by atomic mass is 16.5. The standard InChI is InChI=1S/C21H18N2O3/c1-2-25-20-10-9-15(18-7-3-4-8-19(18)20)12-16(13-22)21(24)23-14-17-6-5-11-26-17/h3-12H,2,14H2,1H3,(H,23,24)/b16-12+. The van der Waals surface area contributed by atoms with Gasteiger partial charge in [-0.1, -0.05) is 30.3 Å². The smallest absolute Gasteiger partial charge is 0.262 e. The van der Waals surface area contributed by atoms with Crippen LogP contribution >= 0.6 is 0 Å². The monoisotopic (exact) mass is 346 g/mol. The number of carbonyl (C=O) groups is 1. The fraction of sp³-hybridized carbons (Fsp3) is 0.143. The molecule has 0 aliphatic rings. The Labute approximate surface area is 151 Å². The fourth-order valence-electron chi connectivity index (χ4n) is 2.68. The average molecular weight is 346 g/mol. The van der Waals surface area contributed by atoms with Crippen molar-refractivity contribution in [1.29, 1.82) is 5.26 Å². The summed E-state index contributed by atoms with van der Waals surface area (Å²) in [6.07, 6.45) is 3.13. The third-order valence-electron chi connectivity index (χ3n) is 3.89. The topological polar surface area (TPSA) is 75.3 Å². The normalized spacial score (nSPS) is 11.2. The maximum atomic E-state index is 12.3. The largest absolute Gasteiger partial charge is 0.493 e. The van der Waals surface area contributed by atoms with Crippen LogP contribution in [0.15, 0.2) is 64.8 Å². The van der Waals surface area contributed by atoms with Gasteiger partial charge in [-0.2, -0.15) is 5.26 Å². The van der Waals surface area contributed by atoms with Crippen molar-refractivity contribution in [3.63, 3.8) is 0 Å². The highest BCUT2D eigenvalue weighted by molar-refractivity contribution is 6.04. The van der Waals surface area contributed by atoms with Crippen LogP contribution in [0.5, 0.6) is 5.75 Å². The van der Waals surface area contributed by atoms with Crippen LogP contribution in [0.25, 0.3) is 16.8 Å². The van der Waals surface area contributed by atoms with E-state index in [1.807, 2.05) is 49.4 Å². The highest BCUT2D eigenvalue weighted by Gasteiger charge is 2.12. The van der Waals surface area contributed by atoms with Gasteiger partial charge in [0.15, 0.2) is 0 Å².